The molecule has 2 rings (SSSR count). The van der Waals surface area contributed by atoms with Crippen LogP contribution in [0.4, 0.5) is 0 Å². The van der Waals surface area contributed by atoms with E-state index in [-0.39, 0.29) is 17.2 Å². The monoisotopic (exact) mass is 351 g/mol. The number of benzene rings is 1. The van der Waals surface area contributed by atoms with Crippen LogP contribution in [0.1, 0.15) is 22.3 Å². The fraction of sp³-hybridized carbons (Fsp3) is 0.214. The summed E-state index contributed by atoms with van der Waals surface area (Å²) in [5.74, 6) is -2.29. The number of rotatable bonds is 6. The van der Waals surface area contributed by atoms with Gasteiger partial charge in [-0.05, 0) is 18.2 Å². The number of hydrogen-bond donors (Lipinski definition) is 3. The zero-order chi connectivity index (χ0) is 17.7. The van der Waals surface area contributed by atoms with Gasteiger partial charge in [-0.1, -0.05) is 11.8 Å². The molecule has 1 amide bonds. The first-order valence-electron chi connectivity index (χ1n) is 6.62. The molecule has 0 aromatic heterocycles. The van der Waals surface area contributed by atoms with Crippen molar-refractivity contribution >= 4 is 41.0 Å². The van der Waals surface area contributed by atoms with Crippen LogP contribution in [0.3, 0.4) is 0 Å². The van der Waals surface area contributed by atoms with Crippen LogP contribution in [0.25, 0.3) is 0 Å². The molecule has 1 unspecified atom stereocenters. The van der Waals surface area contributed by atoms with Crippen LogP contribution < -0.4 is 10.1 Å². The van der Waals surface area contributed by atoms with Gasteiger partial charge < -0.3 is 20.3 Å². The van der Waals surface area contributed by atoms with Crippen LogP contribution in [-0.4, -0.2) is 51.8 Å². The zero-order valence-electron chi connectivity index (χ0n) is 12.4. The molecular formula is C14H13N3O6S. The van der Waals surface area contributed by atoms with E-state index in [9.17, 15) is 19.5 Å². The lowest BCUT2D eigenvalue weighted by Gasteiger charge is -2.03. The standard InChI is InChI=1S/C14H13N3O6S/c1-23-8-3-2-7(9(4-8)13(21)22)6-15-17-14-16-12(20)10(24-14)5-11(18)19/h2-4,6,10H,5H2,1H3,(H,18,19)(H,21,22)(H,16,17,20). The van der Waals surface area contributed by atoms with Gasteiger partial charge >= 0.3 is 11.9 Å². The summed E-state index contributed by atoms with van der Waals surface area (Å²) in [6, 6.07) is 4.45. The van der Waals surface area contributed by atoms with Crippen molar-refractivity contribution in [2.75, 3.05) is 7.11 Å². The number of carboxylic acid groups (broad SMARTS) is 2. The third-order valence-corrected chi connectivity index (χ3v) is 4.04. The van der Waals surface area contributed by atoms with Crippen molar-refractivity contribution in [3.63, 3.8) is 0 Å². The highest BCUT2D eigenvalue weighted by Gasteiger charge is 2.32. The molecule has 0 saturated carbocycles. The highest BCUT2D eigenvalue weighted by atomic mass is 32.2. The van der Waals surface area contributed by atoms with Crippen LogP contribution in [-0.2, 0) is 9.59 Å². The number of carbonyl (C=O) groups is 3. The predicted octanol–water partition coefficient (Wildman–Crippen LogP) is 0.790. The molecule has 126 valence electrons. The predicted molar refractivity (Wildman–Crippen MR) is 86.8 cm³/mol. The van der Waals surface area contributed by atoms with Crippen LogP contribution in [0, 0.1) is 0 Å². The average molecular weight is 351 g/mol. The number of aromatic carboxylic acids is 1. The number of carbonyl (C=O) groups excluding carboxylic acids is 1. The lowest BCUT2D eigenvalue weighted by Crippen LogP contribution is -2.26. The number of amidine groups is 1. The topological polar surface area (TPSA) is 138 Å². The summed E-state index contributed by atoms with van der Waals surface area (Å²) >= 11 is 0.957. The lowest BCUT2D eigenvalue weighted by molar-refractivity contribution is -0.138. The van der Waals surface area contributed by atoms with Crippen molar-refractivity contribution in [2.45, 2.75) is 11.7 Å². The van der Waals surface area contributed by atoms with Crippen molar-refractivity contribution in [3.05, 3.63) is 29.3 Å². The highest BCUT2D eigenvalue weighted by Crippen LogP contribution is 2.22. The molecule has 0 aliphatic carbocycles. The molecule has 24 heavy (non-hydrogen) atoms. The Morgan fingerprint density at radius 2 is 2.17 bits per heavy atom. The number of methoxy groups -OCH3 is 1. The number of carboxylic acids is 2. The van der Waals surface area contributed by atoms with Crippen molar-refractivity contribution in [1.29, 1.82) is 0 Å². The van der Waals surface area contributed by atoms with E-state index in [1.54, 1.807) is 6.07 Å². The minimum absolute atomic E-state index is 0.00911. The molecule has 1 fully saturated rings. The molecular weight excluding hydrogens is 338 g/mol. The van der Waals surface area contributed by atoms with Gasteiger partial charge in [-0.3, -0.25) is 9.59 Å². The van der Waals surface area contributed by atoms with Gasteiger partial charge in [0.1, 0.15) is 11.0 Å². The third-order valence-electron chi connectivity index (χ3n) is 2.97. The number of amides is 1. The van der Waals surface area contributed by atoms with Crippen molar-refractivity contribution in [3.8, 4) is 5.75 Å². The van der Waals surface area contributed by atoms with Gasteiger partial charge in [0, 0.05) is 5.56 Å². The quantitative estimate of drug-likeness (QED) is 0.509. The molecule has 1 atom stereocenters. The number of aliphatic carboxylic acids is 1. The second-order valence-corrected chi connectivity index (χ2v) is 5.79. The fourth-order valence-electron chi connectivity index (χ4n) is 1.85. The van der Waals surface area contributed by atoms with E-state index in [0.29, 0.717) is 11.3 Å². The molecule has 1 aromatic carbocycles. The third kappa shape index (κ3) is 4.32. The normalized spacial score (nSPS) is 18.8. The Labute approximate surface area is 140 Å². The smallest absolute Gasteiger partial charge is 0.336 e. The molecule has 10 heteroatoms. The number of nitrogens with zero attached hydrogens (tertiary/aromatic N) is 2. The lowest BCUT2D eigenvalue weighted by atomic mass is 10.1. The van der Waals surface area contributed by atoms with Crippen LogP contribution in [0.5, 0.6) is 5.75 Å². The van der Waals surface area contributed by atoms with Gasteiger partial charge in [-0.15, -0.1) is 5.10 Å². The molecule has 0 spiro atoms. The van der Waals surface area contributed by atoms with Crippen molar-refractivity contribution in [1.82, 2.24) is 5.32 Å². The first kappa shape index (κ1) is 17.5. The number of nitrogens with one attached hydrogen (secondary N) is 1. The Morgan fingerprint density at radius 3 is 2.79 bits per heavy atom. The van der Waals surface area contributed by atoms with Gasteiger partial charge in [0.25, 0.3) is 0 Å². The maximum absolute atomic E-state index is 11.5. The molecule has 0 radical (unpaired) electrons. The van der Waals surface area contributed by atoms with Gasteiger partial charge in [0.2, 0.25) is 5.91 Å². The summed E-state index contributed by atoms with van der Waals surface area (Å²) in [6.07, 6.45) is 0.911. The highest BCUT2D eigenvalue weighted by molar-refractivity contribution is 8.15. The largest absolute Gasteiger partial charge is 0.497 e. The van der Waals surface area contributed by atoms with E-state index >= 15 is 0 Å². The molecule has 1 aromatic rings. The first-order valence-corrected chi connectivity index (χ1v) is 7.50. The summed E-state index contributed by atoms with van der Waals surface area (Å²) in [5, 5.41) is 27.2. The van der Waals surface area contributed by atoms with Crippen molar-refractivity contribution < 1.29 is 29.3 Å². The summed E-state index contributed by atoms with van der Waals surface area (Å²) in [4.78, 5) is 33.4. The van der Waals surface area contributed by atoms with Crippen LogP contribution in [0.15, 0.2) is 28.4 Å². The molecule has 0 bridgehead atoms. The molecule has 9 nitrogen and oxygen atoms in total. The average Bonchev–Trinajstić information content (AvgIpc) is 2.86. The van der Waals surface area contributed by atoms with Gasteiger partial charge in [-0.25, -0.2) is 4.79 Å². The summed E-state index contributed by atoms with van der Waals surface area (Å²) in [7, 11) is 1.42. The SMILES string of the molecule is COc1ccc(C=NN=C2NC(=O)C(CC(=O)O)S2)c(C(=O)O)c1. The Balaban J connectivity index is 2.13. The fourth-order valence-corrected chi connectivity index (χ4v) is 2.76. The van der Waals surface area contributed by atoms with E-state index in [4.69, 9.17) is 9.84 Å². The molecule has 3 N–H and O–H groups in total. The Kier molecular flexibility index (Phi) is 5.53. The minimum Gasteiger partial charge on any atom is -0.497 e. The summed E-state index contributed by atoms with van der Waals surface area (Å²) in [6.45, 7) is 0. The maximum Gasteiger partial charge on any atom is 0.336 e. The Bertz CT molecular complexity index is 746. The molecule has 1 heterocycles. The Hall–Kier alpha value is -2.88. The van der Waals surface area contributed by atoms with Crippen LogP contribution in [0.2, 0.25) is 0 Å². The van der Waals surface area contributed by atoms with Gasteiger partial charge in [0.15, 0.2) is 5.17 Å². The van der Waals surface area contributed by atoms with E-state index in [2.05, 4.69) is 15.5 Å². The Morgan fingerprint density at radius 1 is 1.42 bits per heavy atom. The summed E-state index contributed by atoms with van der Waals surface area (Å²) in [5.41, 5.74) is 0.300. The van der Waals surface area contributed by atoms with Crippen LogP contribution >= 0.6 is 11.8 Å². The van der Waals surface area contributed by atoms with E-state index in [1.807, 2.05) is 0 Å². The first-order chi connectivity index (χ1) is 11.4. The summed E-state index contributed by atoms with van der Waals surface area (Å²) < 4.78 is 4.97. The van der Waals surface area contributed by atoms with Gasteiger partial charge in [-0.2, -0.15) is 5.10 Å². The van der Waals surface area contributed by atoms with E-state index < -0.39 is 23.1 Å². The molecule has 1 aliphatic heterocycles. The van der Waals surface area contributed by atoms with E-state index in [0.717, 1.165) is 11.8 Å². The molecule has 1 aliphatic rings. The number of hydrogen-bond acceptors (Lipinski definition) is 7. The zero-order valence-corrected chi connectivity index (χ0v) is 13.2. The van der Waals surface area contributed by atoms with E-state index in [1.165, 1.54) is 25.5 Å². The minimum atomic E-state index is -1.15. The maximum atomic E-state index is 11.5. The number of ether oxygens (including phenoxy) is 1. The number of thioether (sulfide) groups is 1. The second kappa shape index (κ2) is 7.59. The second-order valence-electron chi connectivity index (χ2n) is 4.60. The van der Waals surface area contributed by atoms with Gasteiger partial charge in [0.05, 0.1) is 25.3 Å². The molecule has 1 saturated heterocycles. The van der Waals surface area contributed by atoms with Crippen molar-refractivity contribution in [2.24, 2.45) is 10.2 Å².